The number of rotatable bonds is 6. The summed E-state index contributed by atoms with van der Waals surface area (Å²) in [4.78, 5) is 41.7. The van der Waals surface area contributed by atoms with Crippen LogP contribution in [-0.2, 0) is 9.59 Å². The van der Waals surface area contributed by atoms with Crippen LogP contribution in [0.2, 0.25) is 0 Å². The van der Waals surface area contributed by atoms with E-state index < -0.39 is 6.04 Å². The van der Waals surface area contributed by atoms with Crippen LogP contribution in [0.1, 0.15) is 41.3 Å². The minimum Gasteiger partial charge on any atom is -0.485 e. The first kappa shape index (κ1) is 21.9. The van der Waals surface area contributed by atoms with Crippen LogP contribution in [0.4, 0.5) is 5.69 Å². The number of hydrogen-bond acceptors (Lipinski definition) is 5. The minimum atomic E-state index is -0.667. The number of benzene rings is 2. The predicted molar refractivity (Wildman–Crippen MR) is 120 cm³/mol. The lowest BCUT2D eigenvalue weighted by atomic mass is 10.1. The molecule has 1 saturated heterocycles. The first-order valence-corrected chi connectivity index (χ1v) is 11.0. The SMILES string of the molecule is Cc1cccc(OCC(=O)c2ccc3c(c2)N(C(C)C(=O)N2CCCC2)C(=O)CO3)c1C. The number of amides is 2. The lowest BCUT2D eigenvalue weighted by Gasteiger charge is -2.35. The minimum absolute atomic E-state index is 0.0846. The Morgan fingerprint density at radius 3 is 2.62 bits per heavy atom. The van der Waals surface area contributed by atoms with Crippen LogP contribution < -0.4 is 14.4 Å². The number of fused-ring (bicyclic) bond motifs is 1. The van der Waals surface area contributed by atoms with Crippen molar-refractivity contribution in [3.8, 4) is 11.5 Å². The molecule has 0 aliphatic carbocycles. The monoisotopic (exact) mass is 436 g/mol. The number of ketones is 1. The lowest BCUT2D eigenvalue weighted by Crippen LogP contribution is -2.52. The van der Waals surface area contributed by atoms with Crippen LogP contribution in [0.25, 0.3) is 0 Å². The lowest BCUT2D eigenvalue weighted by molar-refractivity contribution is -0.133. The molecule has 0 N–H and O–H groups in total. The van der Waals surface area contributed by atoms with E-state index in [1.165, 1.54) is 4.90 Å². The maximum Gasteiger partial charge on any atom is 0.265 e. The summed E-state index contributed by atoms with van der Waals surface area (Å²) < 4.78 is 11.3. The zero-order chi connectivity index (χ0) is 22.8. The Morgan fingerprint density at radius 2 is 1.88 bits per heavy atom. The van der Waals surface area contributed by atoms with E-state index in [1.54, 1.807) is 30.0 Å². The molecule has 0 saturated carbocycles. The highest BCUT2D eigenvalue weighted by Crippen LogP contribution is 2.35. The summed E-state index contributed by atoms with van der Waals surface area (Å²) >= 11 is 0. The topological polar surface area (TPSA) is 76.2 Å². The molecular formula is C25H28N2O5. The first-order chi connectivity index (χ1) is 15.4. The number of likely N-dealkylation sites (tertiary alicyclic amines) is 1. The third-order valence-corrected chi connectivity index (χ3v) is 6.24. The second-order valence-corrected chi connectivity index (χ2v) is 8.35. The number of carbonyl (C=O) groups is 3. The average Bonchev–Trinajstić information content (AvgIpc) is 3.33. The largest absolute Gasteiger partial charge is 0.485 e. The number of aryl methyl sites for hydroxylation is 1. The van der Waals surface area contributed by atoms with Crippen molar-refractivity contribution < 1.29 is 23.9 Å². The van der Waals surface area contributed by atoms with Gasteiger partial charge in [-0.25, -0.2) is 0 Å². The summed E-state index contributed by atoms with van der Waals surface area (Å²) in [7, 11) is 0. The van der Waals surface area contributed by atoms with Crippen LogP contribution in [0, 0.1) is 13.8 Å². The predicted octanol–water partition coefficient (Wildman–Crippen LogP) is 3.30. The molecule has 2 aliphatic rings. The molecule has 2 aromatic carbocycles. The Balaban J connectivity index is 1.55. The Kier molecular flexibility index (Phi) is 6.17. The fourth-order valence-electron chi connectivity index (χ4n) is 4.19. The summed E-state index contributed by atoms with van der Waals surface area (Å²) in [6.07, 6.45) is 1.95. The number of Topliss-reactive ketones (excluding diaryl/α,β-unsaturated/α-hetero) is 1. The van der Waals surface area contributed by atoms with Gasteiger partial charge >= 0.3 is 0 Å². The van der Waals surface area contributed by atoms with Crippen LogP contribution >= 0.6 is 0 Å². The molecule has 7 heteroatoms. The van der Waals surface area contributed by atoms with Gasteiger partial charge in [-0.2, -0.15) is 0 Å². The molecule has 1 fully saturated rings. The van der Waals surface area contributed by atoms with Gasteiger partial charge in [-0.3, -0.25) is 19.3 Å². The molecule has 1 atom stereocenters. The van der Waals surface area contributed by atoms with Gasteiger partial charge in [0.05, 0.1) is 5.69 Å². The smallest absolute Gasteiger partial charge is 0.265 e. The van der Waals surface area contributed by atoms with Crippen LogP contribution in [0.3, 0.4) is 0 Å². The highest BCUT2D eigenvalue weighted by Gasteiger charge is 2.36. The Morgan fingerprint density at radius 1 is 1.12 bits per heavy atom. The van der Waals surface area contributed by atoms with E-state index in [4.69, 9.17) is 9.47 Å². The summed E-state index contributed by atoms with van der Waals surface area (Å²) in [6.45, 7) is 6.84. The van der Waals surface area contributed by atoms with Crippen molar-refractivity contribution in [3.63, 3.8) is 0 Å². The van der Waals surface area contributed by atoms with Crippen molar-refractivity contribution in [2.75, 3.05) is 31.2 Å². The van der Waals surface area contributed by atoms with Crippen LogP contribution in [0.15, 0.2) is 36.4 Å². The zero-order valence-corrected chi connectivity index (χ0v) is 18.7. The Labute approximate surface area is 187 Å². The number of ether oxygens (including phenoxy) is 2. The quantitative estimate of drug-likeness (QED) is 0.650. The molecule has 2 amide bonds. The van der Waals surface area contributed by atoms with Gasteiger partial charge in [0, 0.05) is 18.7 Å². The third-order valence-electron chi connectivity index (χ3n) is 6.24. The number of hydrogen-bond donors (Lipinski definition) is 0. The van der Waals surface area contributed by atoms with Gasteiger partial charge in [0.15, 0.2) is 19.0 Å². The van der Waals surface area contributed by atoms with Crippen molar-refractivity contribution in [1.82, 2.24) is 4.90 Å². The van der Waals surface area contributed by atoms with Gasteiger partial charge in [0.25, 0.3) is 5.91 Å². The standard InChI is InChI=1S/C25H28N2O5/c1-16-7-6-8-22(17(16)2)31-14-21(28)19-9-10-23-20(13-19)27(24(29)15-32-23)18(3)25(30)26-11-4-5-12-26/h6-10,13,18H,4-5,11-12,14-15H2,1-3H3. The molecular weight excluding hydrogens is 408 g/mol. The molecule has 0 spiro atoms. The van der Waals surface area contributed by atoms with E-state index in [-0.39, 0.29) is 30.8 Å². The van der Waals surface area contributed by atoms with E-state index in [9.17, 15) is 14.4 Å². The maximum absolute atomic E-state index is 12.9. The van der Waals surface area contributed by atoms with Gasteiger partial charge in [-0.15, -0.1) is 0 Å². The molecule has 2 heterocycles. The molecule has 2 aliphatic heterocycles. The second kappa shape index (κ2) is 9.02. The van der Waals surface area contributed by atoms with Gasteiger partial charge < -0.3 is 14.4 Å². The Hall–Kier alpha value is -3.35. The van der Waals surface area contributed by atoms with Crippen LogP contribution in [0.5, 0.6) is 11.5 Å². The van der Waals surface area contributed by atoms with E-state index in [2.05, 4.69) is 0 Å². The van der Waals surface area contributed by atoms with E-state index in [0.29, 0.717) is 35.8 Å². The van der Waals surface area contributed by atoms with Gasteiger partial charge in [-0.1, -0.05) is 12.1 Å². The fourth-order valence-corrected chi connectivity index (χ4v) is 4.19. The first-order valence-electron chi connectivity index (χ1n) is 11.0. The molecule has 0 aromatic heterocycles. The average molecular weight is 437 g/mol. The highest BCUT2D eigenvalue weighted by molar-refractivity contribution is 6.05. The normalized spacial score (nSPS) is 16.4. The van der Waals surface area contributed by atoms with Crippen molar-refractivity contribution in [3.05, 3.63) is 53.1 Å². The molecule has 0 radical (unpaired) electrons. The maximum atomic E-state index is 12.9. The highest BCUT2D eigenvalue weighted by atomic mass is 16.5. The number of carbonyl (C=O) groups excluding carboxylic acids is 3. The summed E-state index contributed by atoms with van der Waals surface area (Å²) in [6, 6.07) is 10.0. The summed E-state index contributed by atoms with van der Waals surface area (Å²) in [5, 5.41) is 0. The zero-order valence-electron chi connectivity index (χ0n) is 18.7. The van der Waals surface area contributed by atoms with Gasteiger partial charge in [0.2, 0.25) is 5.91 Å². The summed E-state index contributed by atoms with van der Waals surface area (Å²) in [5.74, 6) is 0.552. The Bertz CT molecular complexity index is 1060. The third kappa shape index (κ3) is 4.20. The molecule has 0 bridgehead atoms. The fraction of sp³-hybridized carbons (Fsp3) is 0.400. The molecule has 2 aromatic rings. The van der Waals surface area contributed by atoms with E-state index in [0.717, 1.165) is 24.0 Å². The van der Waals surface area contributed by atoms with Crippen molar-refractivity contribution >= 4 is 23.3 Å². The molecule has 32 heavy (non-hydrogen) atoms. The van der Waals surface area contributed by atoms with Gasteiger partial charge in [-0.05, 0) is 69.0 Å². The molecule has 168 valence electrons. The van der Waals surface area contributed by atoms with Crippen LogP contribution in [-0.4, -0.2) is 54.8 Å². The van der Waals surface area contributed by atoms with Crippen molar-refractivity contribution in [2.24, 2.45) is 0 Å². The number of anilines is 1. The molecule has 1 unspecified atom stereocenters. The summed E-state index contributed by atoms with van der Waals surface area (Å²) in [5.41, 5.74) is 2.92. The number of nitrogens with zero attached hydrogens (tertiary/aromatic N) is 2. The van der Waals surface area contributed by atoms with Gasteiger partial charge in [0.1, 0.15) is 17.5 Å². The molecule has 7 nitrogen and oxygen atoms in total. The van der Waals surface area contributed by atoms with Crippen molar-refractivity contribution in [1.29, 1.82) is 0 Å². The van der Waals surface area contributed by atoms with E-state index >= 15 is 0 Å². The second-order valence-electron chi connectivity index (χ2n) is 8.35. The van der Waals surface area contributed by atoms with Crippen molar-refractivity contribution in [2.45, 2.75) is 39.7 Å². The molecule has 4 rings (SSSR count). The van der Waals surface area contributed by atoms with E-state index in [1.807, 2.05) is 32.0 Å².